The van der Waals surface area contributed by atoms with Gasteiger partial charge in [-0.1, -0.05) is 149 Å². The van der Waals surface area contributed by atoms with E-state index in [-0.39, 0.29) is 11.8 Å². The molecule has 10 aromatic rings. The fourth-order valence-corrected chi connectivity index (χ4v) is 12.1. The van der Waals surface area contributed by atoms with Gasteiger partial charge in [0.15, 0.2) is 0 Å². The predicted octanol–water partition coefficient (Wildman–Crippen LogP) is 19.0. The van der Waals surface area contributed by atoms with E-state index in [2.05, 4.69) is 266 Å². The molecule has 0 saturated heterocycles. The third-order valence-electron chi connectivity index (χ3n) is 16.3. The van der Waals surface area contributed by atoms with Crippen LogP contribution >= 0.6 is 0 Å². The highest BCUT2D eigenvalue weighted by atomic mass is 14.8. The second-order valence-electron chi connectivity index (χ2n) is 21.2. The van der Waals surface area contributed by atoms with Crippen molar-refractivity contribution in [1.29, 1.82) is 0 Å². The normalized spacial score (nSPS) is 13.3. The molecule has 8 nitrogen and oxygen atoms in total. The van der Waals surface area contributed by atoms with Crippen molar-refractivity contribution in [3.05, 3.63) is 227 Å². The SMILES string of the molecule is CCC(C)c1c2nc(c(-c3ccccc3)c3ccc([nH]3)c(-c3c4nc(c(-c5ccccc5)c5ccc([nH]5)c(C(C)CC)c5nc(c(-c6ccccc6)c6ccc3[nH]6)C=C5)C=C4)c3nc(c(-c4ccccc4)c4ccc1[nH]4)C=C3)C=C2. The number of aromatic nitrogens is 8. The van der Waals surface area contributed by atoms with Gasteiger partial charge in [-0.05, 0) is 144 Å². The Morgan fingerprint density at radius 1 is 0.263 bits per heavy atom. The van der Waals surface area contributed by atoms with E-state index in [0.29, 0.717) is 0 Å². The third kappa shape index (κ3) is 8.48. The van der Waals surface area contributed by atoms with E-state index in [1.54, 1.807) is 0 Å². The molecule has 4 aromatic carbocycles. The van der Waals surface area contributed by atoms with E-state index in [0.717, 1.165) is 158 Å². The number of nitrogens with one attached hydrogen (secondary N) is 4. The molecule has 0 saturated carbocycles. The van der Waals surface area contributed by atoms with Gasteiger partial charge in [-0.3, -0.25) is 0 Å². The lowest BCUT2D eigenvalue weighted by Crippen LogP contribution is -1.96. The Hall–Kier alpha value is -9.92. The fourth-order valence-electron chi connectivity index (χ4n) is 12.1. The number of benzene rings is 4. The Kier molecular flexibility index (Phi) is 12.2. The highest BCUT2D eigenvalue weighted by Gasteiger charge is 2.24. The quantitative estimate of drug-likeness (QED) is 0.115. The van der Waals surface area contributed by atoms with Crippen molar-refractivity contribution in [2.75, 3.05) is 0 Å². The van der Waals surface area contributed by atoms with E-state index in [9.17, 15) is 0 Å². The second-order valence-corrected chi connectivity index (χ2v) is 21.2. The smallest absolute Gasteiger partial charge is 0.0738 e. The first-order chi connectivity index (χ1) is 39.4. The molecule has 16 bridgehead atoms. The summed E-state index contributed by atoms with van der Waals surface area (Å²) in [6.07, 6.45) is 19.3. The maximum atomic E-state index is 5.75. The molecule has 0 amide bonds. The van der Waals surface area contributed by atoms with Crippen molar-refractivity contribution in [2.45, 2.75) is 52.4 Å². The number of nitrogens with zero attached hydrogens (tertiary/aromatic N) is 4. The zero-order valence-corrected chi connectivity index (χ0v) is 45.1. The second kappa shape index (κ2) is 20.1. The number of H-pyrrole nitrogens is 4. The molecule has 0 fully saturated rings. The van der Waals surface area contributed by atoms with Gasteiger partial charge in [0.05, 0.1) is 45.6 Å². The highest BCUT2D eigenvalue weighted by molar-refractivity contribution is 6.05. The molecule has 4 N–H and O–H groups in total. The van der Waals surface area contributed by atoms with Crippen molar-refractivity contribution >= 4 is 92.7 Å². The number of fused-ring (bicyclic) bond motifs is 16. The third-order valence-corrected chi connectivity index (χ3v) is 16.3. The van der Waals surface area contributed by atoms with Gasteiger partial charge in [-0.2, -0.15) is 0 Å². The maximum absolute atomic E-state index is 5.75. The molecule has 0 spiro atoms. The van der Waals surface area contributed by atoms with Crippen LogP contribution in [0.2, 0.25) is 0 Å². The molecule has 4 aliphatic rings. The van der Waals surface area contributed by atoms with Crippen LogP contribution in [0.1, 0.15) is 109 Å². The number of hydrogen-bond donors (Lipinski definition) is 4. The van der Waals surface area contributed by atoms with Gasteiger partial charge in [0.25, 0.3) is 0 Å². The molecule has 14 rings (SSSR count). The maximum Gasteiger partial charge on any atom is 0.0738 e. The van der Waals surface area contributed by atoms with E-state index in [1.165, 1.54) is 11.1 Å². The largest absolute Gasteiger partial charge is 0.355 e. The minimum atomic E-state index is 0.230. The van der Waals surface area contributed by atoms with Gasteiger partial charge in [-0.25, -0.2) is 19.9 Å². The molecule has 80 heavy (non-hydrogen) atoms. The Morgan fingerprint density at radius 2 is 0.475 bits per heavy atom. The Bertz CT molecular complexity index is 4200. The lowest BCUT2D eigenvalue weighted by molar-refractivity contribution is 0.734. The summed E-state index contributed by atoms with van der Waals surface area (Å²) in [5.74, 6) is 0.460. The van der Waals surface area contributed by atoms with Gasteiger partial charge < -0.3 is 19.9 Å². The number of rotatable bonds is 9. The van der Waals surface area contributed by atoms with Crippen LogP contribution < -0.4 is 0 Å². The molecule has 2 unspecified atom stereocenters. The topological polar surface area (TPSA) is 115 Å². The van der Waals surface area contributed by atoms with Gasteiger partial charge >= 0.3 is 0 Å². The molecule has 0 radical (unpaired) electrons. The Morgan fingerprint density at radius 3 is 0.750 bits per heavy atom. The van der Waals surface area contributed by atoms with Crippen molar-refractivity contribution < 1.29 is 0 Å². The molecule has 386 valence electrons. The monoisotopic (exact) mass is 1030 g/mol. The van der Waals surface area contributed by atoms with E-state index >= 15 is 0 Å². The number of hydrogen-bond acceptors (Lipinski definition) is 4. The number of aromatic amines is 4. The van der Waals surface area contributed by atoms with E-state index in [1.807, 2.05) is 0 Å². The molecule has 8 heteroatoms. The van der Waals surface area contributed by atoms with Crippen molar-refractivity contribution in [2.24, 2.45) is 0 Å². The van der Waals surface area contributed by atoms with Crippen LogP contribution in [0.4, 0.5) is 0 Å². The lowest BCUT2D eigenvalue weighted by Gasteiger charge is -2.11. The van der Waals surface area contributed by atoms with Gasteiger partial charge in [0.1, 0.15) is 0 Å². The molecule has 2 atom stereocenters. The van der Waals surface area contributed by atoms with Crippen LogP contribution in [0.25, 0.3) is 148 Å². The van der Waals surface area contributed by atoms with Crippen LogP contribution in [0.15, 0.2) is 170 Å². The zero-order chi connectivity index (χ0) is 53.8. The van der Waals surface area contributed by atoms with Crippen LogP contribution in [0.3, 0.4) is 0 Å². The van der Waals surface area contributed by atoms with Crippen LogP contribution in [0.5, 0.6) is 0 Å². The standard InChI is InChI=1S/C72H58N8/c1-5-43(3)65-49-27-31-53(73-49)67(45-19-11-7-12-20-45)57-35-39-61(77-57)71(62-40-36-58(78-62)68(46-21-13-8-14-22-46)54-32-28-50(65)74-54)72-63-41-37-59(79-63)69(47-23-15-9-16-24-47)55-33-29-51(75-55)66(44(4)6-2)52-30-34-56(76-52)70(48-25-17-10-18-26-48)60-38-42-64(72)80-60/h7-44,73,75,78,80H,5-6H2,1-4H3. The Balaban J connectivity index is 1.18. The van der Waals surface area contributed by atoms with Gasteiger partial charge in [-0.15, -0.1) is 0 Å². The first-order valence-electron chi connectivity index (χ1n) is 27.9. The van der Waals surface area contributed by atoms with Crippen LogP contribution in [0, 0.1) is 0 Å². The van der Waals surface area contributed by atoms with Gasteiger partial charge in [0, 0.05) is 88.6 Å². The minimum absolute atomic E-state index is 0.230. The summed E-state index contributed by atoms with van der Waals surface area (Å²) in [6, 6.07) is 60.0. The van der Waals surface area contributed by atoms with Crippen LogP contribution in [-0.4, -0.2) is 39.9 Å². The average Bonchev–Trinajstić information content (AvgIpc) is 4.41. The molecule has 0 aliphatic carbocycles. The van der Waals surface area contributed by atoms with Crippen molar-refractivity contribution in [3.63, 3.8) is 0 Å². The van der Waals surface area contributed by atoms with Gasteiger partial charge in [0.2, 0.25) is 0 Å². The average molecular weight is 1040 g/mol. The molecule has 6 aromatic heterocycles. The lowest BCUT2D eigenvalue weighted by atomic mass is 9.97. The zero-order valence-electron chi connectivity index (χ0n) is 45.1. The molecular weight excluding hydrogens is 977 g/mol. The highest BCUT2D eigenvalue weighted by Crippen LogP contribution is 2.43. The van der Waals surface area contributed by atoms with Crippen molar-refractivity contribution in [3.8, 4) is 55.6 Å². The summed E-state index contributed by atoms with van der Waals surface area (Å²) in [4.78, 5) is 38.5. The Labute approximate surface area is 464 Å². The minimum Gasteiger partial charge on any atom is -0.355 e. The fraction of sp³-hybridized carbons (Fsp3) is 0.111. The molecule has 10 heterocycles. The van der Waals surface area contributed by atoms with E-state index < -0.39 is 0 Å². The first kappa shape index (κ1) is 48.5. The summed E-state index contributed by atoms with van der Waals surface area (Å²) in [6.45, 7) is 9.08. The summed E-state index contributed by atoms with van der Waals surface area (Å²) in [7, 11) is 0. The predicted molar refractivity (Wildman–Crippen MR) is 336 cm³/mol. The molecular formula is C72H58N8. The van der Waals surface area contributed by atoms with Crippen LogP contribution in [-0.2, 0) is 0 Å². The first-order valence-corrected chi connectivity index (χ1v) is 27.9. The van der Waals surface area contributed by atoms with Crippen molar-refractivity contribution in [1.82, 2.24) is 39.9 Å². The summed E-state index contributed by atoms with van der Waals surface area (Å²) >= 11 is 0. The molecule has 4 aliphatic heterocycles. The summed E-state index contributed by atoms with van der Waals surface area (Å²) < 4.78 is 0. The van der Waals surface area contributed by atoms with E-state index in [4.69, 9.17) is 19.9 Å². The summed E-state index contributed by atoms with van der Waals surface area (Å²) in [5, 5.41) is 0. The summed E-state index contributed by atoms with van der Waals surface area (Å²) in [5.41, 5.74) is 27.0.